The van der Waals surface area contributed by atoms with Gasteiger partial charge in [0.2, 0.25) is 10.0 Å². The van der Waals surface area contributed by atoms with E-state index in [4.69, 9.17) is 9.84 Å². The minimum atomic E-state index is -3.19. The first-order valence-electron chi connectivity index (χ1n) is 5.33. The summed E-state index contributed by atoms with van der Waals surface area (Å²) in [4.78, 5) is 0. The zero-order valence-corrected chi connectivity index (χ0v) is 10.7. The van der Waals surface area contributed by atoms with Crippen LogP contribution in [0.3, 0.4) is 0 Å². The summed E-state index contributed by atoms with van der Waals surface area (Å²) in [5.74, 6) is 0.0806. The quantitative estimate of drug-likeness (QED) is 0.431. The van der Waals surface area contributed by atoms with E-state index in [2.05, 4.69) is 10.0 Å². The zero-order valence-electron chi connectivity index (χ0n) is 9.90. The van der Waals surface area contributed by atoms with Crippen LogP contribution in [0, 0.1) is 0 Å². The molecule has 0 aromatic heterocycles. The number of nitrogens with one attached hydrogen (secondary N) is 2. The van der Waals surface area contributed by atoms with Crippen LogP contribution in [-0.4, -0.2) is 58.7 Å². The van der Waals surface area contributed by atoms with Gasteiger partial charge < -0.3 is 15.2 Å². The molecular weight excluding hydrogens is 232 g/mol. The van der Waals surface area contributed by atoms with Crippen molar-refractivity contribution in [3.8, 4) is 0 Å². The van der Waals surface area contributed by atoms with Gasteiger partial charge in [0, 0.05) is 33.4 Å². The van der Waals surface area contributed by atoms with Crippen molar-refractivity contribution in [2.24, 2.45) is 0 Å². The van der Waals surface area contributed by atoms with Gasteiger partial charge in [-0.2, -0.15) is 0 Å². The molecule has 0 aliphatic heterocycles. The average molecular weight is 254 g/mol. The summed E-state index contributed by atoms with van der Waals surface area (Å²) in [5.41, 5.74) is 0. The second kappa shape index (κ2) is 8.89. The molecule has 0 saturated carbocycles. The van der Waals surface area contributed by atoms with E-state index < -0.39 is 16.1 Å². The van der Waals surface area contributed by atoms with E-state index in [1.54, 1.807) is 14.0 Å². The molecule has 0 aromatic carbocycles. The van der Waals surface area contributed by atoms with E-state index in [0.717, 1.165) is 0 Å². The number of hydrogen-bond donors (Lipinski definition) is 3. The van der Waals surface area contributed by atoms with Gasteiger partial charge in [-0.3, -0.25) is 0 Å². The Kier molecular flexibility index (Phi) is 8.77. The van der Waals surface area contributed by atoms with Crippen molar-refractivity contribution in [3.05, 3.63) is 0 Å². The standard InChI is InChI=1S/C9H22N2O4S/c1-9(12)8-10-4-5-11-16(13,14)7-3-6-15-2/h9-12H,3-8H2,1-2H3. The van der Waals surface area contributed by atoms with Crippen molar-refractivity contribution in [2.45, 2.75) is 19.4 Å². The molecule has 0 rings (SSSR count). The van der Waals surface area contributed by atoms with Crippen molar-refractivity contribution < 1.29 is 18.3 Å². The molecule has 16 heavy (non-hydrogen) atoms. The number of ether oxygens (including phenoxy) is 1. The van der Waals surface area contributed by atoms with Crippen molar-refractivity contribution in [1.29, 1.82) is 0 Å². The lowest BCUT2D eigenvalue weighted by molar-refractivity contribution is 0.192. The highest BCUT2D eigenvalue weighted by molar-refractivity contribution is 7.89. The molecule has 0 aliphatic carbocycles. The minimum Gasteiger partial charge on any atom is -0.392 e. The highest BCUT2D eigenvalue weighted by atomic mass is 32.2. The molecule has 1 atom stereocenters. The van der Waals surface area contributed by atoms with Crippen LogP contribution in [0.2, 0.25) is 0 Å². The molecule has 0 heterocycles. The largest absolute Gasteiger partial charge is 0.392 e. The van der Waals surface area contributed by atoms with Crippen molar-refractivity contribution in [1.82, 2.24) is 10.0 Å². The van der Waals surface area contributed by atoms with E-state index in [1.165, 1.54) is 0 Å². The summed E-state index contributed by atoms with van der Waals surface area (Å²) >= 11 is 0. The van der Waals surface area contributed by atoms with Crippen molar-refractivity contribution >= 4 is 10.0 Å². The Balaban J connectivity index is 3.51. The maximum Gasteiger partial charge on any atom is 0.211 e. The van der Waals surface area contributed by atoms with Crippen LogP contribution < -0.4 is 10.0 Å². The Morgan fingerprint density at radius 2 is 2.06 bits per heavy atom. The predicted molar refractivity (Wildman–Crippen MR) is 62.8 cm³/mol. The van der Waals surface area contributed by atoms with E-state index in [9.17, 15) is 8.42 Å². The second-order valence-corrected chi connectivity index (χ2v) is 5.54. The van der Waals surface area contributed by atoms with E-state index in [1.807, 2.05) is 0 Å². The SMILES string of the molecule is COCCCS(=O)(=O)NCCNCC(C)O. The molecule has 0 aliphatic rings. The third-order valence-electron chi connectivity index (χ3n) is 1.83. The van der Waals surface area contributed by atoms with Crippen LogP contribution in [-0.2, 0) is 14.8 Å². The van der Waals surface area contributed by atoms with E-state index in [-0.39, 0.29) is 5.75 Å². The Bertz CT molecular complexity index is 254. The molecule has 0 bridgehead atoms. The maximum absolute atomic E-state index is 11.4. The van der Waals surface area contributed by atoms with Gasteiger partial charge >= 0.3 is 0 Å². The van der Waals surface area contributed by atoms with Crippen LogP contribution in [0.5, 0.6) is 0 Å². The monoisotopic (exact) mass is 254 g/mol. The summed E-state index contributed by atoms with van der Waals surface area (Å²) in [7, 11) is -1.65. The van der Waals surface area contributed by atoms with Gasteiger partial charge in [0.15, 0.2) is 0 Å². The normalized spacial score (nSPS) is 13.9. The summed E-state index contributed by atoms with van der Waals surface area (Å²) in [5, 5.41) is 11.9. The number of aliphatic hydroxyl groups is 1. The molecule has 7 heteroatoms. The van der Waals surface area contributed by atoms with Crippen LogP contribution in [0.1, 0.15) is 13.3 Å². The summed E-state index contributed by atoms with van der Waals surface area (Å²) < 4.78 is 30.0. The molecule has 98 valence electrons. The van der Waals surface area contributed by atoms with Gasteiger partial charge in [-0.25, -0.2) is 13.1 Å². The van der Waals surface area contributed by atoms with Gasteiger partial charge in [0.05, 0.1) is 11.9 Å². The first-order chi connectivity index (χ1) is 7.48. The first kappa shape index (κ1) is 15.8. The highest BCUT2D eigenvalue weighted by Crippen LogP contribution is 1.89. The second-order valence-electron chi connectivity index (χ2n) is 3.61. The lowest BCUT2D eigenvalue weighted by Crippen LogP contribution is -2.35. The Morgan fingerprint density at radius 3 is 2.62 bits per heavy atom. The molecular formula is C9H22N2O4S. The number of methoxy groups -OCH3 is 1. The van der Waals surface area contributed by atoms with Crippen molar-refractivity contribution in [3.63, 3.8) is 0 Å². The third-order valence-corrected chi connectivity index (χ3v) is 3.30. The van der Waals surface area contributed by atoms with Gasteiger partial charge in [-0.15, -0.1) is 0 Å². The van der Waals surface area contributed by atoms with Gasteiger partial charge in [-0.05, 0) is 13.3 Å². The minimum absolute atomic E-state index is 0.0806. The smallest absolute Gasteiger partial charge is 0.211 e. The van der Waals surface area contributed by atoms with Crippen LogP contribution in [0.4, 0.5) is 0 Å². The van der Waals surface area contributed by atoms with Crippen LogP contribution in [0.25, 0.3) is 0 Å². The molecule has 0 fully saturated rings. The molecule has 0 saturated heterocycles. The van der Waals surface area contributed by atoms with Gasteiger partial charge in [-0.1, -0.05) is 0 Å². The Hall–Kier alpha value is -0.210. The highest BCUT2D eigenvalue weighted by Gasteiger charge is 2.08. The molecule has 6 nitrogen and oxygen atoms in total. The lowest BCUT2D eigenvalue weighted by Gasteiger charge is -2.08. The molecule has 0 radical (unpaired) electrons. The van der Waals surface area contributed by atoms with E-state index in [0.29, 0.717) is 32.7 Å². The summed E-state index contributed by atoms with van der Waals surface area (Å²) in [6, 6.07) is 0. The van der Waals surface area contributed by atoms with Crippen LogP contribution in [0.15, 0.2) is 0 Å². The average Bonchev–Trinajstić information content (AvgIpc) is 2.16. The van der Waals surface area contributed by atoms with Crippen molar-refractivity contribution in [2.75, 3.05) is 39.1 Å². The number of rotatable bonds is 10. The molecule has 0 spiro atoms. The molecule has 1 unspecified atom stereocenters. The molecule has 0 aromatic rings. The summed E-state index contributed by atoms with van der Waals surface area (Å²) in [6.45, 7) is 3.42. The number of sulfonamides is 1. The number of aliphatic hydroxyl groups excluding tert-OH is 1. The zero-order chi connectivity index (χ0) is 12.4. The predicted octanol–water partition coefficient (Wildman–Crippen LogP) is -1.09. The maximum atomic E-state index is 11.4. The molecule has 3 N–H and O–H groups in total. The fraction of sp³-hybridized carbons (Fsp3) is 1.00. The third kappa shape index (κ3) is 10.3. The van der Waals surface area contributed by atoms with E-state index >= 15 is 0 Å². The lowest BCUT2D eigenvalue weighted by atomic mass is 10.4. The summed E-state index contributed by atoms with van der Waals surface area (Å²) in [6.07, 6.45) is 0.0748. The number of hydrogen-bond acceptors (Lipinski definition) is 5. The molecule has 0 amide bonds. The van der Waals surface area contributed by atoms with Gasteiger partial charge in [0.25, 0.3) is 0 Å². The fourth-order valence-corrected chi connectivity index (χ4v) is 2.13. The fourth-order valence-electron chi connectivity index (χ4n) is 1.07. The Labute approximate surface area is 97.4 Å². The van der Waals surface area contributed by atoms with Crippen LogP contribution >= 0.6 is 0 Å². The Morgan fingerprint density at radius 1 is 1.38 bits per heavy atom. The first-order valence-corrected chi connectivity index (χ1v) is 6.98. The van der Waals surface area contributed by atoms with Gasteiger partial charge in [0.1, 0.15) is 0 Å². The topological polar surface area (TPSA) is 87.7 Å².